The van der Waals surface area contributed by atoms with Crippen LogP contribution in [0.15, 0.2) is 17.1 Å². The Balaban J connectivity index is 2.29. The van der Waals surface area contributed by atoms with E-state index in [0.29, 0.717) is 0 Å². The first-order valence-electron chi connectivity index (χ1n) is 13.1. The second-order valence-electron chi connectivity index (χ2n) is 12.6. The topological polar surface area (TPSA) is 167 Å². The number of rotatable bonds is 11. The minimum absolute atomic E-state index is 0.0231. The molecule has 0 spiro atoms. The SMILES string of the molecule is CC(C)(C)C(=O)OCOC[C@H]1S[C@@H](n2ccc(N)nc2=O)C(OCOC(=O)C(C)(C)C)C1OCOC(=O)C(C)(C)C. The first-order valence-corrected chi connectivity index (χ1v) is 14.1. The van der Waals surface area contributed by atoms with E-state index >= 15 is 0 Å². The predicted octanol–water partition coefficient (Wildman–Crippen LogP) is 2.87. The Morgan fingerprint density at radius 1 is 0.829 bits per heavy atom. The van der Waals surface area contributed by atoms with Gasteiger partial charge in [0.15, 0.2) is 20.4 Å². The van der Waals surface area contributed by atoms with Crippen molar-refractivity contribution in [1.82, 2.24) is 9.55 Å². The van der Waals surface area contributed by atoms with Crippen LogP contribution in [0, 0.1) is 16.2 Å². The smallest absolute Gasteiger partial charge is 0.350 e. The number of nitrogens with zero attached hydrogens (tertiary/aromatic N) is 2. The van der Waals surface area contributed by atoms with E-state index in [1.54, 1.807) is 62.3 Å². The highest BCUT2D eigenvalue weighted by Crippen LogP contribution is 2.44. The molecule has 0 saturated carbocycles. The van der Waals surface area contributed by atoms with Gasteiger partial charge in [0.2, 0.25) is 0 Å². The van der Waals surface area contributed by atoms with Crippen LogP contribution in [0.1, 0.15) is 67.7 Å². The lowest BCUT2D eigenvalue weighted by atomic mass is 9.97. The highest BCUT2D eigenvalue weighted by molar-refractivity contribution is 8.00. The summed E-state index contributed by atoms with van der Waals surface area (Å²) in [7, 11) is 0. The van der Waals surface area contributed by atoms with Crippen molar-refractivity contribution in [3.63, 3.8) is 0 Å². The number of ether oxygens (including phenoxy) is 6. The number of hydrogen-bond donors (Lipinski definition) is 1. The Bertz CT molecular complexity index is 1120. The van der Waals surface area contributed by atoms with Crippen molar-refractivity contribution in [2.75, 3.05) is 32.7 Å². The first kappa shape index (κ1) is 34.5. The van der Waals surface area contributed by atoms with Gasteiger partial charge in [-0.1, -0.05) is 0 Å². The summed E-state index contributed by atoms with van der Waals surface area (Å²) in [5.74, 6) is -1.34. The van der Waals surface area contributed by atoms with Gasteiger partial charge in [-0.25, -0.2) is 4.79 Å². The molecule has 1 aromatic rings. The molecular weight excluding hydrogens is 558 g/mol. The molecule has 0 aliphatic carbocycles. The number of thioether (sulfide) groups is 1. The van der Waals surface area contributed by atoms with E-state index < -0.39 is 76.3 Å². The lowest BCUT2D eigenvalue weighted by molar-refractivity contribution is -0.194. The molecular formula is C27H43N3O10S. The number of carbonyl (C=O) groups excluding carboxylic acids is 3. The minimum Gasteiger partial charge on any atom is -0.438 e. The monoisotopic (exact) mass is 601 g/mol. The Hall–Kier alpha value is -2.68. The van der Waals surface area contributed by atoms with Gasteiger partial charge in [0.25, 0.3) is 0 Å². The molecule has 2 heterocycles. The largest absolute Gasteiger partial charge is 0.438 e. The fraction of sp³-hybridized carbons (Fsp3) is 0.741. The van der Waals surface area contributed by atoms with E-state index in [1.807, 2.05) is 0 Å². The quantitative estimate of drug-likeness (QED) is 0.170. The van der Waals surface area contributed by atoms with E-state index in [9.17, 15) is 19.2 Å². The molecule has 2 unspecified atom stereocenters. The molecule has 13 nitrogen and oxygen atoms in total. The maximum atomic E-state index is 12.8. The summed E-state index contributed by atoms with van der Waals surface area (Å²) in [6.45, 7) is 14.3. The molecule has 1 saturated heterocycles. The lowest BCUT2D eigenvalue weighted by Gasteiger charge is -2.27. The third kappa shape index (κ3) is 10.3. The molecule has 0 amide bonds. The molecule has 1 aromatic heterocycles. The van der Waals surface area contributed by atoms with Gasteiger partial charge in [-0.3, -0.25) is 19.0 Å². The molecule has 2 rings (SSSR count). The van der Waals surface area contributed by atoms with Crippen molar-refractivity contribution >= 4 is 35.5 Å². The lowest BCUT2D eigenvalue weighted by Crippen LogP contribution is -2.41. The Morgan fingerprint density at radius 3 is 1.76 bits per heavy atom. The molecule has 0 radical (unpaired) electrons. The zero-order valence-corrected chi connectivity index (χ0v) is 26.1. The van der Waals surface area contributed by atoms with Crippen molar-refractivity contribution in [2.45, 2.75) is 85.1 Å². The second kappa shape index (κ2) is 14.0. The zero-order chi connectivity index (χ0) is 31.2. The van der Waals surface area contributed by atoms with Gasteiger partial charge in [-0.2, -0.15) is 4.98 Å². The maximum Gasteiger partial charge on any atom is 0.350 e. The normalized spacial score (nSPS) is 21.4. The van der Waals surface area contributed by atoms with Crippen molar-refractivity contribution in [2.24, 2.45) is 16.2 Å². The summed E-state index contributed by atoms with van der Waals surface area (Å²) in [6, 6.07) is 1.47. The number of anilines is 1. The summed E-state index contributed by atoms with van der Waals surface area (Å²) >= 11 is 1.28. The van der Waals surface area contributed by atoms with Crippen LogP contribution in [0.4, 0.5) is 5.82 Å². The number of esters is 3. The van der Waals surface area contributed by atoms with Crippen LogP contribution in [-0.4, -0.2) is 71.9 Å². The van der Waals surface area contributed by atoms with Crippen LogP contribution in [0.5, 0.6) is 0 Å². The molecule has 232 valence electrons. The van der Waals surface area contributed by atoms with Gasteiger partial charge in [0.05, 0.1) is 28.1 Å². The molecule has 1 aliphatic heterocycles. The van der Waals surface area contributed by atoms with Gasteiger partial charge < -0.3 is 34.2 Å². The van der Waals surface area contributed by atoms with Crippen molar-refractivity contribution in [1.29, 1.82) is 0 Å². The van der Waals surface area contributed by atoms with Crippen LogP contribution >= 0.6 is 11.8 Å². The zero-order valence-electron chi connectivity index (χ0n) is 25.3. The second-order valence-corrected chi connectivity index (χ2v) is 14.0. The van der Waals surface area contributed by atoms with E-state index in [0.717, 1.165) is 0 Å². The predicted molar refractivity (Wildman–Crippen MR) is 150 cm³/mol. The van der Waals surface area contributed by atoms with Crippen LogP contribution in [-0.2, 0) is 42.8 Å². The molecule has 0 aromatic carbocycles. The number of aromatic nitrogens is 2. The van der Waals surface area contributed by atoms with E-state index in [-0.39, 0.29) is 19.2 Å². The summed E-state index contributed by atoms with van der Waals surface area (Å²) in [5, 5.41) is -1.20. The van der Waals surface area contributed by atoms with Gasteiger partial charge >= 0.3 is 23.6 Å². The van der Waals surface area contributed by atoms with Crippen LogP contribution in [0.3, 0.4) is 0 Å². The first-order chi connectivity index (χ1) is 18.8. The Kier molecular flexibility index (Phi) is 11.8. The maximum absolute atomic E-state index is 12.8. The summed E-state index contributed by atoms with van der Waals surface area (Å²) in [6.07, 6.45) is -0.214. The summed E-state index contributed by atoms with van der Waals surface area (Å²) < 4.78 is 34.8. The Morgan fingerprint density at radius 2 is 1.29 bits per heavy atom. The molecule has 0 bridgehead atoms. The van der Waals surface area contributed by atoms with Crippen molar-refractivity contribution in [3.8, 4) is 0 Å². The minimum atomic E-state index is -0.880. The van der Waals surface area contributed by atoms with Gasteiger partial charge in [-0.15, -0.1) is 11.8 Å². The third-order valence-corrected chi connectivity index (χ3v) is 7.23. The highest BCUT2D eigenvalue weighted by Gasteiger charge is 2.48. The fourth-order valence-corrected chi connectivity index (χ4v) is 4.91. The average molecular weight is 602 g/mol. The average Bonchev–Trinajstić information content (AvgIpc) is 3.16. The number of nitrogen functional groups attached to an aromatic ring is 1. The van der Waals surface area contributed by atoms with E-state index in [1.165, 1.54) is 28.6 Å². The van der Waals surface area contributed by atoms with Crippen LogP contribution in [0.2, 0.25) is 0 Å². The molecule has 1 aliphatic rings. The molecule has 4 atom stereocenters. The van der Waals surface area contributed by atoms with E-state index in [4.69, 9.17) is 34.2 Å². The Labute approximate surface area is 244 Å². The highest BCUT2D eigenvalue weighted by atomic mass is 32.2. The number of carbonyl (C=O) groups is 3. The van der Waals surface area contributed by atoms with Crippen molar-refractivity contribution < 1.29 is 42.8 Å². The summed E-state index contributed by atoms with van der Waals surface area (Å²) in [4.78, 5) is 53.3. The third-order valence-electron chi connectivity index (χ3n) is 5.70. The van der Waals surface area contributed by atoms with Crippen molar-refractivity contribution in [3.05, 3.63) is 22.7 Å². The standard InChI is InChI=1S/C27H43N3O10S/c1-25(2,3)21(31)38-13-35-12-16-18(36-14-39-22(32)26(4,5)6)19(37-15-40-23(33)27(7,8)9)20(41-16)30-11-10-17(28)29-24(30)34/h10-11,16,18-20H,12-15H2,1-9H3,(H2,28,29,34)/t16-,18?,19?,20-/m1/s1. The van der Waals surface area contributed by atoms with Crippen LogP contribution < -0.4 is 11.4 Å². The van der Waals surface area contributed by atoms with Gasteiger partial charge in [0.1, 0.15) is 23.4 Å². The fourth-order valence-electron chi connectivity index (χ4n) is 3.31. The molecule has 14 heteroatoms. The summed E-state index contributed by atoms with van der Waals surface area (Å²) in [5.41, 5.74) is 2.84. The van der Waals surface area contributed by atoms with Gasteiger partial charge in [0, 0.05) is 6.20 Å². The number of hydrogen-bond acceptors (Lipinski definition) is 13. The van der Waals surface area contributed by atoms with E-state index in [2.05, 4.69) is 4.98 Å². The van der Waals surface area contributed by atoms with Gasteiger partial charge in [-0.05, 0) is 68.4 Å². The van der Waals surface area contributed by atoms with Crippen LogP contribution in [0.25, 0.3) is 0 Å². The molecule has 41 heavy (non-hydrogen) atoms. The number of nitrogens with two attached hydrogens (primary N) is 1. The molecule has 2 N–H and O–H groups in total. The molecule has 1 fully saturated rings.